The van der Waals surface area contributed by atoms with Gasteiger partial charge < -0.3 is 14.5 Å². The lowest BCUT2D eigenvalue weighted by atomic mass is 9.96. The van der Waals surface area contributed by atoms with Crippen LogP contribution in [0.25, 0.3) is 0 Å². The number of furan rings is 1. The Morgan fingerprint density at radius 3 is 2.55 bits per heavy atom. The molecule has 0 bridgehead atoms. The van der Waals surface area contributed by atoms with Gasteiger partial charge in [-0.1, -0.05) is 13.0 Å². The zero-order valence-electron chi connectivity index (χ0n) is 12.9. The molecule has 1 aromatic heterocycles. The average molecular weight is 273 g/mol. The second-order valence-corrected chi connectivity index (χ2v) is 5.08. The molecule has 1 N–H and O–H groups in total. The first kappa shape index (κ1) is 14.7. The highest BCUT2D eigenvalue weighted by atomic mass is 16.5. The highest BCUT2D eigenvalue weighted by molar-refractivity contribution is 5.47. The molecule has 0 fully saturated rings. The van der Waals surface area contributed by atoms with Crippen LogP contribution in [0.15, 0.2) is 28.7 Å². The molecule has 0 amide bonds. The minimum atomic E-state index is 0.00542. The van der Waals surface area contributed by atoms with Gasteiger partial charge in [0, 0.05) is 12.0 Å². The molecule has 0 aliphatic heterocycles. The van der Waals surface area contributed by atoms with E-state index in [1.165, 1.54) is 11.1 Å². The van der Waals surface area contributed by atoms with Crippen LogP contribution in [0.3, 0.4) is 0 Å². The predicted molar refractivity (Wildman–Crippen MR) is 81.5 cm³/mol. The van der Waals surface area contributed by atoms with Gasteiger partial charge in [-0.05, 0) is 50.2 Å². The molecule has 2 rings (SSSR count). The molecular formula is C17H23NO2. The lowest BCUT2D eigenvalue weighted by Gasteiger charge is -2.20. The first-order valence-corrected chi connectivity index (χ1v) is 7.01. The Kier molecular flexibility index (Phi) is 4.50. The number of aryl methyl sites for hydroxylation is 3. The third-order valence-corrected chi connectivity index (χ3v) is 3.61. The topological polar surface area (TPSA) is 34.4 Å². The van der Waals surface area contributed by atoms with Gasteiger partial charge in [-0.15, -0.1) is 0 Å². The molecule has 3 heteroatoms. The summed E-state index contributed by atoms with van der Waals surface area (Å²) >= 11 is 0. The Balaban J connectivity index is 2.51. The lowest BCUT2D eigenvalue weighted by molar-refractivity contribution is 0.391. The van der Waals surface area contributed by atoms with Gasteiger partial charge in [0.05, 0.1) is 13.2 Å². The molecule has 0 aliphatic carbocycles. The van der Waals surface area contributed by atoms with E-state index in [1.54, 1.807) is 7.11 Å². The number of nitrogens with one attached hydrogen (secondary N) is 1. The average Bonchev–Trinajstić information content (AvgIpc) is 2.90. The zero-order chi connectivity index (χ0) is 14.7. The molecule has 3 nitrogen and oxygen atoms in total. The van der Waals surface area contributed by atoms with Crippen molar-refractivity contribution in [1.29, 1.82) is 0 Å². The van der Waals surface area contributed by atoms with Crippen LogP contribution in [0.5, 0.6) is 5.75 Å². The van der Waals surface area contributed by atoms with Gasteiger partial charge >= 0.3 is 0 Å². The first-order valence-electron chi connectivity index (χ1n) is 7.01. The van der Waals surface area contributed by atoms with Gasteiger partial charge in [0.15, 0.2) is 0 Å². The summed E-state index contributed by atoms with van der Waals surface area (Å²) in [6.07, 6.45) is 0.903. The van der Waals surface area contributed by atoms with E-state index >= 15 is 0 Å². The van der Waals surface area contributed by atoms with Crippen molar-refractivity contribution >= 4 is 0 Å². The summed E-state index contributed by atoms with van der Waals surface area (Å²) in [5, 5.41) is 3.33. The van der Waals surface area contributed by atoms with E-state index in [9.17, 15) is 0 Å². The Morgan fingerprint density at radius 1 is 1.25 bits per heavy atom. The van der Waals surface area contributed by atoms with Gasteiger partial charge in [-0.3, -0.25) is 0 Å². The molecule has 0 aliphatic rings. The van der Waals surface area contributed by atoms with Crippen LogP contribution in [0.4, 0.5) is 0 Å². The maximum atomic E-state index is 5.91. The standard InChI is InChI=1S/C17H23NO2/c1-6-13-7-8-14(20-13)17(18-4)16-12(3)9-11(2)10-15(16)19-5/h7-10,17-18H,6H2,1-5H3. The van der Waals surface area contributed by atoms with E-state index in [0.717, 1.165) is 29.3 Å². The van der Waals surface area contributed by atoms with Crippen molar-refractivity contribution in [3.8, 4) is 5.75 Å². The summed E-state index contributed by atoms with van der Waals surface area (Å²) in [6, 6.07) is 8.32. The number of hydrogen-bond donors (Lipinski definition) is 1. The Hall–Kier alpha value is -1.74. The lowest BCUT2D eigenvalue weighted by Crippen LogP contribution is -2.19. The van der Waals surface area contributed by atoms with E-state index in [-0.39, 0.29) is 6.04 Å². The van der Waals surface area contributed by atoms with Crippen LogP contribution in [-0.4, -0.2) is 14.2 Å². The molecule has 0 saturated carbocycles. The summed E-state index contributed by atoms with van der Waals surface area (Å²) < 4.78 is 11.5. The quantitative estimate of drug-likeness (QED) is 0.900. The Bertz CT molecular complexity index is 587. The smallest absolute Gasteiger partial charge is 0.125 e. The predicted octanol–water partition coefficient (Wildman–Crippen LogP) is 3.78. The van der Waals surface area contributed by atoms with Crippen molar-refractivity contribution in [2.24, 2.45) is 0 Å². The fourth-order valence-corrected chi connectivity index (χ4v) is 2.65. The van der Waals surface area contributed by atoms with Gasteiger partial charge in [-0.2, -0.15) is 0 Å². The third-order valence-electron chi connectivity index (χ3n) is 3.61. The van der Waals surface area contributed by atoms with Crippen LogP contribution in [0, 0.1) is 13.8 Å². The fourth-order valence-electron chi connectivity index (χ4n) is 2.65. The highest BCUT2D eigenvalue weighted by Gasteiger charge is 2.22. The summed E-state index contributed by atoms with van der Waals surface area (Å²) in [4.78, 5) is 0. The van der Waals surface area contributed by atoms with E-state index in [4.69, 9.17) is 9.15 Å². The number of ether oxygens (including phenoxy) is 1. The van der Waals surface area contributed by atoms with Crippen LogP contribution >= 0.6 is 0 Å². The maximum Gasteiger partial charge on any atom is 0.125 e. The monoisotopic (exact) mass is 273 g/mol. The minimum Gasteiger partial charge on any atom is -0.496 e. The normalized spacial score (nSPS) is 12.4. The van der Waals surface area contributed by atoms with Crippen molar-refractivity contribution in [2.75, 3.05) is 14.2 Å². The van der Waals surface area contributed by atoms with Gasteiger partial charge in [-0.25, -0.2) is 0 Å². The molecule has 1 unspecified atom stereocenters. The van der Waals surface area contributed by atoms with Gasteiger partial charge in [0.1, 0.15) is 17.3 Å². The SMILES string of the molecule is CCc1ccc(C(NC)c2c(C)cc(C)cc2OC)o1. The van der Waals surface area contributed by atoms with Crippen molar-refractivity contribution < 1.29 is 9.15 Å². The van der Waals surface area contributed by atoms with Crippen LogP contribution in [0.1, 0.15) is 41.2 Å². The largest absolute Gasteiger partial charge is 0.496 e. The van der Waals surface area contributed by atoms with Crippen molar-refractivity contribution in [3.05, 3.63) is 52.5 Å². The van der Waals surface area contributed by atoms with E-state index < -0.39 is 0 Å². The van der Waals surface area contributed by atoms with Crippen molar-refractivity contribution in [3.63, 3.8) is 0 Å². The zero-order valence-corrected chi connectivity index (χ0v) is 12.9. The van der Waals surface area contributed by atoms with E-state index in [1.807, 2.05) is 19.2 Å². The van der Waals surface area contributed by atoms with E-state index in [2.05, 4.69) is 38.2 Å². The minimum absolute atomic E-state index is 0.00542. The molecular weight excluding hydrogens is 250 g/mol. The summed E-state index contributed by atoms with van der Waals surface area (Å²) in [7, 11) is 3.65. The summed E-state index contributed by atoms with van der Waals surface area (Å²) in [5.41, 5.74) is 3.54. The second kappa shape index (κ2) is 6.14. The number of rotatable bonds is 5. The molecule has 0 saturated heterocycles. The van der Waals surface area contributed by atoms with Crippen LogP contribution < -0.4 is 10.1 Å². The number of benzene rings is 1. The fraction of sp³-hybridized carbons (Fsp3) is 0.412. The highest BCUT2D eigenvalue weighted by Crippen LogP contribution is 2.34. The number of methoxy groups -OCH3 is 1. The molecule has 0 radical (unpaired) electrons. The van der Waals surface area contributed by atoms with Gasteiger partial charge in [0.25, 0.3) is 0 Å². The summed E-state index contributed by atoms with van der Waals surface area (Å²) in [5.74, 6) is 2.83. The Labute approximate surface area is 121 Å². The molecule has 2 aromatic rings. The molecule has 0 spiro atoms. The molecule has 20 heavy (non-hydrogen) atoms. The third kappa shape index (κ3) is 2.73. The van der Waals surface area contributed by atoms with Crippen LogP contribution in [-0.2, 0) is 6.42 Å². The Morgan fingerprint density at radius 2 is 2.00 bits per heavy atom. The van der Waals surface area contributed by atoms with Crippen molar-refractivity contribution in [2.45, 2.75) is 33.2 Å². The second-order valence-electron chi connectivity index (χ2n) is 5.08. The van der Waals surface area contributed by atoms with Crippen LogP contribution in [0.2, 0.25) is 0 Å². The van der Waals surface area contributed by atoms with E-state index in [0.29, 0.717) is 0 Å². The molecule has 1 aromatic carbocycles. The first-order chi connectivity index (χ1) is 9.60. The summed E-state index contributed by atoms with van der Waals surface area (Å²) in [6.45, 7) is 6.28. The molecule has 1 heterocycles. The molecule has 108 valence electrons. The maximum absolute atomic E-state index is 5.91. The molecule has 1 atom stereocenters. The number of hydrogen-bond acceptors (Lipinski definition) is 3. The van der Waals surface area contributed by atoms with Gasteiger partial charge in [0.2, 0.25) is 0 Å². The van der Waals surface area contributed by atoms with Crippen molar-refractivity contribution in [1.82, 2.24) is 5.32 Å².